The first-order valence-corrected chi connectivity index (χ1v) is 6.77. The summed E-state index contributed by atoms with van der Waals surface area (Å²) in [6.45, 7) is 1.97. The van der Waals surface area contributed by atoms with Crippen molar-refractivity contribution in [3.63, 3.8) is 0 Å². The zero-order valence-electron chi connectivity index (χ0n) is 10.4. The Kier molecular flexibility index (Phi) is 4.22. The fourth-order valence-corrected chi connectivity index (χ4v) is 2.98. The minimum absolute atomic E-state index is 0.393. The van der Waals surface area contributed by atoms with Crippen LogP contribution >= 0.6 is 0 Å². The summed E-state index contributed by atoms with van der Waals surface area (Å²) >= 11 is 0. The van der Waals surface area contributed by atoms with Crippen LogP contribution in [0, 0.1) is 5.92 Å². The Balaban J connectivity index is 1.79. The number of hydrogen-bond acceptors (Lipinski definition) is 2. The second-order valence-electron chi connectivity index (χ2n) is 5.19. The van der Waals surface area contributed by atoms with E-state index in [0.29, 0.717) is 11.9 Å². The van der Waals surface area contributed by atoms with Gasteiger partial charge in [-0.05, 0) is 51.6 Å². The minimum atomic E-state index is 0.393. The van der Waals surface area contributed by atoms with Gasteiger partial charge in [0.1, 0.15) is 0 Å². The largest absolute Gasteiger partial charge is 0.339 e. The normalized spacial score (nSPS) is 25.8. The molecule has 1 heterocycles. The second-order valence-corrected chi connectivity index (χ2v) is 5.19. The van der Waals surface area contributed by atoms with Crippen LogP contribution in [0.3, 0.4) is 0 Å². The van der Waals surface area contributed by atoms with E-state index in [4.69, 9.17) is 0 Å². The van der Waals surface area contributed by atoms with Crippen LogP contribution in [0.15, 0.2) is 0 Å². The van der Waals surface area contributed by atoms with Crippen molar-refractivity contribution in [1.82, 2.24) is 10.2 Å². The third-order valence-electron chi connectivity index (χ3n) is 4.13. The number of likely N-dealkylation sites (tertiary alicyclic amines) is 1. The first-order chi connectivity index (χ1) is 7.83. The number of carbonyl (C=O) groups is 1. The number of amides is 1. The fraction of sp³-hybridized carbons (Fsp3) is 0.923. The first-order valence-electron chi connectivity index (χ1n) is 6.77. The zero-order chi connectivity index (χ0) is 11.4. The van der Waals surface area contributed by atoms with Gasteiger partial charge >= 0.3 is 0 Å². The van der Waals surface area contributed by atoms with Crippen LogP contribution in [0.5, 0.6) is 0 Å². The van der Waals surface area contributed by atoms with E-state index in [1.165, 1.54) is 32.1 Å². The highest BCUT2D eigenvalue weighted by atomic mass is 16.2. The van der Waals surface area contributed by atoms with E-state index in [1.807, 2.05) is 7.05 Å². The first kappa shape index (κ1) is 11.9. The molecule has 2 rings (SSSR count). The van der Waals surface area contributed by atoms with Crippen molar-refractivity contribution in [3.05, 3.63) is 0 Å². The van der Waals surface area contributed by atoms with Gasteiger partial charge in [0, 0.05) is 19.0 Å². The van der Waals surface area contributed by atoms with Crippen LogP contribution in [-0.2, 0) is 4.79 Å². The van der Waals surface area contributed by atoms with Gasteiger partial charge in [-0.15, -0.1) is 0 Å². The summed E-state index contributed by atoms with van der Waals surface area (Å²) in [6, 6.07) is 0.593. The Hall–Kier alpha value is -0.570. The SMILES string of the molecule is CNCCCC(=O)N1CCCC1C1CCC1. The lowest BCUT2D eigenvalue weighted by Gasteiger charge is -2.37. The molecule has 0 radical (unpaired) electrons. The topological polar surface area (TPSA) is 32.3 Å². The number of rotatable bonds is 5. The molecule has 3 heteroatoms. The van der Waals surface area contributed by atoms with Gasteiger partial charge in [-0.2, -0.15) is 0 Å². The smallest absolute Gasteiger partial charge is 0.222 e. The van der Waals surface area contributed by atoms with E-state index in [2.05, 4.69) is 10.2 Å². The van der Waals surface area contributed by atoms with Gasteiger partial charge in [0.2, 0.25) is 5.91 Å². The lowest BCUT2D eigenvalue weighted by Crippen LogP contribution is -2.42. The molecule has 0 aromatic carbocycles. The second kappa shape index (κ2) is 5.67. The molecule has 1 aliphatic heterocycles. The van der Waals surface area contributed by atoms with E-state index in [9.17, 15) is 4.79 Å². The van der Waals surface area contributed by atoms with Crippen LogP contribution in [0.25, 0.3) is 0 Å². The third-order valence-corrected chi connectivity index (χ3v) is 4.13. The van der Waals surface area contributed by atoms with E-state index in [0.717, 1.165) is 31.8 Å². The third kappa shape index (κ3) is 2.57. The highest BCUT2D eigenvalue weighted by Crippen LogP contribution is 2.37. The van der Waals surface area contributed by atoms with E-state index >= 15 is 0 Å². The summed E-state index contributed by atoms with van der Waals surface area (Å²) in [7, 11) is 1.94. The molecule has 92 valence electrons. The molecular weight excluding hydrogens is 200 g/mol. The maximum atomic E-state index is 12.1. The van der Waals surface area contributed by atoms with Crippen LogP contribution in [0.2, 0.25) is 0 Å². The molecule has 1 aliphatic carbocycles. The fourth-order valence-electron chi connectivity index (χ4n) is 2.98. The van der Waals surface area contributed by atoms with Crippen molar-refractivity contribution in [2.75, 3.05) is 20.1 Å². The molecule has 0 spiro atoms. The summed E-state index contributed by atoms with van der Waals surface area (Å²) < 4.78 is 0. The Morgan fingerprint density at radius 1 is 1.31 bits per heavy atom. The maximum Gasteiger partial charge on any atom is 0.222 e. The lowest BCUT2D eigenvalue weighted by atomic mass is 9.79. The summed E-state index contributed by atoms with van der Waals surface area (Å²) in [4.78, 5) is 14.3. The zero-order valence-corrected chi connectivity index (χ0v) is 10.4. The van der Waals surface area contributed by atoms with Crippen LogP contribution in [0.4, 0.5) is 0 Å². The molecule has 1 N–H and O–H groups in total. The molecule has 1 amide bonds. The minimum Gasteiger partial charge on any atom is -0.339 e. The van der Waals surface area contributed by atoms with Crippen LogP contribution < -0.4 is 5.32 Å². The summed E-state index contributed by atoms with van der Waals surface area (Å²) in [5, 5.41) is 3.10. The molecule has 2 aliphatic rings. The Morgan fingerprint density at radius 3 is 2.75 bits per heavy atom. The van der Waals surface area contributed by atoms with Crippen LogP contribution in [-0.4, -0.2) is 37.0 Å². The number of carbonyl (C=O) groups excluding carboxylic acids is 1. The van der Waals surface area contributed by atoms with E-state index in [-0.39, 0.29) is 0 Å². The lowest BCUT2D eigenvalue weighted by molar-refractivity contribution is -0.133. The molecule has 2 fully saturated rings. The molecule has 3 nitrogen and oxygen atoms in total. The molecule has 1 saturated heterocycles. The molecule has 1 saturated carbocycles. The highest BCUT2D eigenvalue weighted by molar-refractivity contribution is 5.76. The Morgan fingerprint density at radius 2 is 2.12 bits per heavy atom. The molecule has 1 unspecified atom stereocenters. The van der Waals surface area contributed by atoms with Gasteiger partial charge in [-0.25, -0.2) is 0 Å². The van der Waals surface area contributed by atoms with Gasteiger partial charge in [-0.3, -0.25) is 4.79 Å². The van der Waals surface area contributed by atoms with Crippen molar-refractivity contribution >= 4 is 5.91 Å². The van der Waals surface area contributed by atoms with Crippen molar-refractivity contribution in [1.29, 1.82) is 0 Å². The average molecular weight is 224 g/mol. The summed E-state index contributed by atoms with van der Waals surface area (Å²) in [6.07, 6.45) is 8.26. The number of nitrogens with one attached hydrogen (secondary N) is 1. The Labute approximate surface area is 98.6 Å². The molecule has 1 atom stereocenters. The van der Waals surface area contributed by atoms with Crippen molar-refractivity contribution in [3.8, 4) is 0 Å². The summed E-state index contributed by atoms with van der Waals surface area (Å²) in [5.41, 5.74) is 0. The quantitative estimate of drug-likeness (QED) is 0.722. The standard InChI is InChI=1S/C13H24N2O/c1-14-9-3-8-13(16)15-10-4-7-12(15)11-5-2-6-11/h11-12,14H,2-10H2,1H3. The molecular formula is C13H24N2O. The molecule has 0 aromatic heterocycles. The van der Waals surface area contributed by atoms with Gasteiger partial charge in [0.15, 0.2) is 0 Å². The molecule has 16 heavy (non-hydrogen) atoms. The average Bonchev–Trinajstić information content (AvgIpc) is 2.64. The predicted octanol–water partition coefficient (Wildman–Crippen LogP) is 1.78. The van der Waals surface area contributed by atoms with Crippen LogP contribution in [0.1, 0.15) is 44.9 Å². The summed E-state index contributed by atoms with van der Waals surface area (Å²) in [5.74, 6) is 1.22. The van der Waals surface area contributed by atoms with Gasteiger partial charge in [0.05, 0.1) is 0 Å². The Bertz CT molecular complexity index is 238. The van der Waals surface area contributed by atoms with Crippen molar-refractivity contribution < 1.29 is 4.79 Å². The maximum absolute atomic E-state index is 12.1. The van der Waals surface area contributed by atoms with Gasteiger partial charge in [0.25, 0.3) is 0 Å². The van der Waals surface area contributed by atoms with Gasteiger partial charge < -0.3 is 10.2 Å². The highest BCUT2D eigenvalue weighted by Gasteiger charge is 2.36. The predicted molar refractivity (Wildman–Crippen MR) is 65.2 cm³/mol. The molecule has 0 bridgehead atoms. The van der Waals surface area contributed by atoms with Gasteiger partial charge in [-0.1, -0.05) is 6.42 Å². The monoisotopic (exact) mass is 224 g/mol. The molecule has 0 aromatic rings. The van der Waals surface area contributed by atoms with E-state index in [1.54, 1.807) is 0 Å². The number of hydrogen-bond donors (Lipinski definition) is 1. The van der Waals surface area contributed by atoms with E-state index < -0.39 is 0 Å². The number of nitrogens with zero attached hydrogens (tertiary/aromatic N) is 1. The van der Waals surface area contributed by atoms with Crippen molar-refractivity contribution in [2.45, 2.75) is 51.0 Å². The van der Waals surface area contributed by atoms with Crippen molar-refractivity contribution in [2.24, 2.45) is 5.92 Å².